The average molecular weight is 1140 g/mol. The smallest absolute Gasteiger partial charge is 0.220 e. The lowest BCUT2D eigenvalue weighted by Gasteiger charge is -2.40. The van der Waals surface area contributed by atoms with E-state index in [0.29, 0.717) is 6.42 Å². The van der Waals surface area contributed by atoms with E-state index in [0.717, 1.165) is 51.4 Å². The lowest BCUT2D eigenvalue weighted by atomic mass is 9.99. The Kier molecular flexibility index (Phi) is 57.9. The molecule has 0 radical (unpaired) electrons. The first-order chi connectivity index (χ1) is 39.8. The highest BCUT2D eigenvalue weighted by molar-refractivity contribution is 5.76. The lowest BCUT2D eigenvalue weighted by Crippen LogP contribution is -2.60. The predicted molar refractivity (Wildman–Crippen MR) is 346 cm³/mol. The van der Waals surface area contributed by atoms with Crippen molar-refractivity contribution in [2.45, 2.75) is 378 Å². The minimum absolute atomic E-state index is 0.181. The van der Waals surface area contributed by atoms with Crippen LogP contribution in [0.1, 0.15) is 335 Å². The van der Waals surface area contributed by atoms with E-state index >= 15 is 0 Å². The van der Waals surface area contributed by atoms with E-state index in [1.807, 2.05) is 6.08 Å². The Labute approximate surface area is 500 Å². The molecule has 7 unspecified atom stereocenters. The fourth-order valence-electron chi connectivity index (χ4n) is 11.1. The number of rotatable bonds is 61. The second-order valence-electron chi connectivity index (χ2n) is 24.3. The van der Waals surface area contributed by atoms with Crippen molar-refractivity contribution < 1.29 is 39.8 Å². The van der Waals surface area contributed by atoms with Crippen molar-refractivity contribution in [1.29, 1.82) is 0 Å². The van der Waals surface area contributed by atoms with Gasteiger partial charge in [-0.1, -0.05) is 319 Å². The van der Waals surface area contributed by atoms with Crippen LogP contribution in [0.4, 0.5) is 0 Å². The summed E-state index contributed by atoms with van der Waals surface area (Å²) in [7, 11) is 0. The molecule has 1 heterocycles. The normalized spacial score (nSPS) is 18.7. The summed E-state index contributed by atoms with van der Waals surface area (Å²) in [6.07, 6.45) is 77.7. The SMILES string of the molecule is CCCCCCC/C=C\C/C=C\C/C=C\CCCCCCCCCCCCCCCCCCCCCCCCCCC(=O)NC(COC1OC(CO)C(O)C(O)C1O)C(O)/C=C/CC/C=C/CCCCCCCCCCCCCCC. The minimum Gasteiger partial charge on any atom is -0.394 e. The van der Waals surface area contributed by atoms with Gasteiger partial charge in [0.25, 0.3) is 0 Å². The number of ether oxygens (including phenoxy) is 2. The summed E-state index contributed by atoms with van der Waals surface area (Å²) in [6.45, 7) is 3.79. The van der Waals surface area contributed by atoms with Gasteiger partial charge in [-0.2, -0.15) is 0 Å². The zero-order valence-electron chi connectivity index (χ0n) is 53.0. The summed E-state index contributed by atoms with van der Waals surface area (Å²) < 4.78 is 11.3. The molecule has 9 heteroatoms. The Morgan fingerprint density at radius 2 is 0.741 bits per heavy atom. The molecule has 1 aliphatic heterocycles. The van der Waals surface area contributed by atoms with Gasteiger partial charge in [0.1, 0.15) is 24.4 Å². The third kappa shape index (κ3) is 49.8. The van der Waals surface area contributed by atoms with Crippen molar-refractivity contribution in [3.63, 3.8) is 0 Å². The fourth-order valence-corrected chi connectivity index (χ4v) is 11.1. The molecule has 81 heavy (non-hydrogen) atoms. The molecule has 0 aromatic heterocycles. The van der Waals surface area contributed by atoms with Gasteiger partial charge in [-0.05, 0) is 70.6 Å². The third-order valence-electron chi connectivity index (χ3n) is 16.6. The first-order valence-corrected chi connectivity index (χ1v) is 35.0. The Morgan fingerprint density at radius 1 is 0.420 bits per heavy atom. The van der Waals surface area contributed by atoms with Gasteiger partial charge in [-0.15, -0.1) is 0 Å². The number of unbranched alkanes of at least 4 members (excludes halogenated alkanes) is 43. The number of amides is 1. The molecule has 0 spiro atoms. The topological polar surface area (TPSA) is 149 Å². The molecule has 6 N–H and O–H groups in total. The number of hydrogen-bond donors (Lipinski definition) is 6. The van der Waals surface area contributed by atoms with Crippen LogP contribution in [0.3, 0.4) is 0 Å². The molecule has 1 aliphatic rings. The molecule has 0 aromatic rings. The van der Waals surface area contributed by atoms with Gasteiger partial charge in [-0.25, -0.2) is 0 Å². The summed E-state index contributed by atoms with van der Waals surface area (Å²) in [5.41, 5.74) is 0. The van der Waals surface area contributed by atoms with Crippen LogP contribution in [0.2, 0.25) is 0 Å². The monoisotopic (exact) mass is 1140 g/mol. The molecule has 7 atom stereocenters. The quantitative estimate of drug-likeness (QED) is 0.0261. The highest BCUT2D eigenvalue weighted by Gasteiger charge is 2.44. The Bertz CT molecular complexity index is 1460. The number of aliphatic hydroxyl groups is 5. The van der Waals surface area contributed by atoms with E-state index < -0.39 is 49.5 Å². The number of carbonyl (C=O) groups is 1. The second kappa shape index (κ2) is 61.0. The summed E-state index contributed by atoms with van der Waals surface area (Å²) in [5.74, 6) is -0.181. The summed E-state index contributed by atoms with van der Waals surface area (Å²) in [4.78, 5) is 13.1. The van der Waals surface area contributed by atoms with Crippen LogP contribution in [-0.2, 0) is 14.3 Å². The highest BCUT2D eigenvalue weighted by atomic mass is 16.7. The third-order valence-corrected chi connectivity index (χ3v) is 16.6. The molecule has 1 fully saturated rings. The standard InChI is InChI=1S/C72H133NO8/c1-3-5-7-9-11-13-15-17-19-21-23-24-25-26-27-28-29-30-31-32-33-34-35-36-37-38-39-40-41-42-44-46-48-50-52-54-56-58-60-62-68(76)73-65(64-80-72-71(79)70(78)69(77)67(63-74)81-72)66(75)61-59-57-55-53-51-49-47-45-43-22-20-18-16-14-12-10-8-6-4-2/h15,17,21,23,25-26,51,53,59,61,65-67,69-72,74-75,77-79H,3-14,16,18-20,22,24,27-50,52,54-58,60,62-64H2,1-2H3,(H,73,76)/b17-15-,23-21-,26-25-,53-51+,61-59+. The van der Waals surface area contributed by atoms with Crippen molar-refractivity contribution in [2.75, 3.05) is 13.2 Å². The molecule has 1 saturated heterocycles. The van der Waals surface area contributed by atoms with Crippen LogP contribution in [0.15, 0.2) is 60.8 Å². The van der Waals surface area contributed by atoms with E-state index in [-0.39, 0.29) is 12.5 Å². The number of nitrogens with one attached hydrogen (secondary N) is 1. The van der Waals surface area contributed by atoms with Gasteiger partial charge in [0.05, 0.1) is 25.4 Å². The molecular formula is C72H133NO8. The largest absolute Gasteiger partial charge is 0.394 e. The minimum atomic E-state index is -1.57. The van der Waals surface area contributed by atoms with Gasteiger partial charge in [0.2, 0.25) is 5.91 Å². The first kappa shape index (κ1) is 76.9. The van der Waals surface area contributed by atoms with E-state index in [1.54, 1.807) is 6.08 Å². The van der Waals surface area contributed by atoms with E-state index in [4.69, 9.17) is 9.47 Å². The molecule has 9 nitrogen and oxygen atoms in total. The van der Waals surface area contributed by atoms with Gasteiger partial charge < -0.3 is 40.3 Å². The first-order valence-electron chi connectivity index (χ1n) is 35.0. The van der Waals surface area contributed by atoms with Crippen molar-refractivity contribution in [3.05, 3.63) is 60.8 Å². The van der Waals surface area contributed by atoms with Gasteiger partial charge in [-0.3, -0.25) is 4.79 Å². The van der Waals surface area contributed by atoms with E-state index in [1.165, 1.54) is 263 Å². The molecule has 1 rings (SSSR count). The molecule has 474 valence electrons. The maximum atomic E-state index is 13.1. The lowest BCUT2D eigenvalue weighted by molar-refractivity contribution is -0.302. The Hall–Kier alpha value is -2.11. The van der Waals surface area contributed by atoms with Crippen LogP contribution in [0, 0.1) is 0 Å². The van der Waals surface area contributed by atoms with Crippen LogP contribution >= 0.6 is 0 Å². The Morgan fingerprint density at radius 3 is 1.12 bits per heavy atom. The van der Waals surface area contributed by atoms with Gasteiger partial charge in [0, 0.05) is 6.42 Å². The Balaban J connectivity index is 2.07. The molecule has 1 amide bonds. The molecule has 0 bridgehead atoms. The fraction of sp³-hybridized carbons (Fsp3) is 0.847. The van der Waals surface area contributed by atoms with E-state index in [9.17, 15) is 30.3 Å². The maximum Gasteiger partial charge on any atom is 0.220 e. The number of allylic oxidation sites excluding steroid dienone is 9. The van der Waals surface area contributed by atoms with Crippen LogP contribution in [-0.4, -0.2) is 87.5 Å². The summed E-state index contributed by atoms with van der Waals surface area (Å²) in [6, 6.07) is -0.822. The van der Waals surface area contributed by atoms with Crippen LogP contribution in [0.5, 0.6) is 0 Å². The van der Waals surface area contributed by atoms with Crippen molar-refractivity contribution in [2.24, 2.45) is 0 Å². The highest BCUT2D eigenvalue weighted by Crippen LogP contribution is 2.23. The number of hydrogen-bond acceptors (Lipinski definition) is 8. The summed E-state index contributed by atoms with van der Waals surface area (Å²) >= 11 is 0. The summed E-state index contributed by atoms with van der Waals surface area (Å²) in [5, 5.41) is 54.6. The zero-order chi connectivity index (χ0) is 58.6. The molecule has 0 saturated carbocycles. The molecular weight excluding hydrogens is 1010 g/mol. The van der Waals surface area contributed by atoms with Gasteiger partial charge in [0.15, 0.2) is 6.29 Å². The number of aliphatic hydroxyl groups excluding tert-OH is 5. The van der Waals surface area contributed by atoms with Gasteiger partial charge >= 0.3 is 0 Å². The van der Waals surface area contributed by atoms with Crippen molar-refractivity contribution in [3.8, 4) is 0 Å². The predicted octanol–water partition coefficient (Wildman–Crippen LogP) is 19.0. The zero-order valence-corrected chi connectivity index (χ0v) is 53.0. The molecule has 0 aromatic carbocycles. The van der Waals surface area contributed by atoms with Crippen LogP contribution < -0.4 is 5.32 Å². The number of carbonyl (C=O) groups excluding carboxylic acids is 1. The molecule has 0 aliphatic carbocycles. The average Bonchev–Trinajstić information content (AvgIpc) is 3.48. The maximum absolute atomic E-state index is 13.1. The van der Waals surface area contributed by atoms with Crippen molar-refractivity contribution in [1.82, 2.24) is 5.32 Å². The van der Waals surface area contributed by atoms with Crippen LogP contribution in [0.25, 0.3) is 0 Å². The van der Waals surface area contributed by atoms with E-state index in [2.05, 4.69) is 67.8 Å². The van der Waals surface area contributed by atoms with Crippen molar-refractivity contribution >= 4 is 5.91 Å². The second-order valence-corrected chi connectivity index (χ2v) is 24.3.